The van der Waals surface area contributed by atoms with Crippen molar-refractivity contribution >= 4 is 33.5 Å². The Kier molecular flexibility index (Phi) is 8.84. The molecule has 10 nitrogen and oxygen atoms in total. The van der Waals surface area contributed by atoms with Crippen LogP contribution >= 0.6 is 0 Å². The Balaban J connectivity index is 1.64. The van der Waals surface area contributed by atoms with Gasteiger partial charge < -0.3 is 13.6 Å². The fourth-order valence-electron chi connectivity index (χ4n) is 4.23. The number of hydrogen-bond acceptors (Lipinski definition) is 8. The molecule has 0 radical (unpaired) electrons. The number of rotatable bonds is 7. The van der Waals surface area contributed by atoms with Gasteiger partial charge in [-0.2, -0.15) is 0 Å². The van der Waals surface area contributed by atoms with Crippen LogP contribution in [0, 0.1) is 22.0 Å². The van der Waals surface area contributed by atoms with Crippen LogP contribution in [0.2, 0.25) is 36.3 Å². The van der Waals surface area contributed by atoms with Gasteiger partial charge in [-0.1, -0.05) is 59.6 Å². The van der Waals surface area contributed by atoms with Crippen molar-refractivity contribution in [1.29, 1.82) is 0 Å². The van der Waals surface area contributed by atoms with Crippen LogP contribution in [0.1, 0.15) is 65.4 Å². The third-order valence-electron chi connectivity index (χ3n) is 8.93. The highest BCUT2D eigenvalue weighted by Gasteiger charge is 2.46. The van der Waals surface area contributed by atoms with Crippen LogP contribution < -0.4 is 0 Å². The molecule has 2 aromatic heterocycles. The number of fused-ring (bicyclic) bond motifs is 1. The lowest BCUT2D eigenvalue weighted by Gasteiger charge is -2.40. The van der Waals surface area contributed by atoms with E-state index < -0.39 is 21.6 Å². The minimum Gasteiger partial charge on any atom is -0.414 e. The predicted octanol–water partition coefficient (Wildman–Crippen LogP) is 6.83. The lowest BCUT2D eigenvalue weighted by molar-refractivity contribution is -0.385. The Morgan fingerprint density at radius 2 is 1.69 bits per heavy atom. The second-order valence-corrected chi connectivity index (χ2v) is 23.5. The first-order chi connectivity index (χ1) is 19.4. The number of aromatic nitrogens is 4. The van der Waals surface area contributed by atoms with Crippen molar-refractivity contribution in [2.75, 3.05) is 6.61 Å². The average Bonchev–Trinajstić information content (AvgIpc) is 3.49. The molecule has 1 aromatic carbocycles. The number of nitro benzene ring substituents is 1. The van der Waals surface area contributed by atoms with Crippen LogP contribution in [-0.4, -0.2) is 59.9 Å². The van der Waals surface area contributed by atoms with Crippen LogP contribution in [0.25, 0.3) is 11.2 Å². The molecule has 226 valence electrons. The van der Waals surface area contributed by atoms with Gasteiger partial charge in [0, 0.05) is 12.5 Å². The molecule has 3 aromatic rings. The van der Waals surface area contributed by atoms with Gasteiger partial charge in [0.05, 0.1) is 24.0 Å². The van der Waals surface area contributed by atoms with Crippen molar-refractivity contribution in [1.82, 2.24) is 19.5 Å². The summed E-state index contributed by atoms with van der Waals surface area (Å²) in [4.78, 5) is 24.4. The summed E-state index contributed by atoms with van der Waals surface area (Å²) in [6.07, 6.45) is 3.02. The normalized spacial score (nSPS) is 20.0. The van der Waals surface area contributed by atoms with E-state index in [4.69, 9.17) is 13.6 Å². The predicted molar refractivity (Wildman–Crippen MR) is 168 cm³/mol. The van der Waals surface area contributed by atoms with Gasteiger partial charge in [-0.15, -0.1) is 0 Å². The Bertz CT molecular complexity index is 1510. The standard InChI is InChI=1S/C30H43N5O5Si2/c1-29(2,3)41(7,8)38-18-25-24(40-42(9,10)30(4,5)6)17-26(39-25)34-20-33-27-22(31-19-32-28(27)34)16-15-21-13-11-12-14-23(21)35(36)37/h11-14,19-20,24-26H,17-18H2,1-10H3. The summed E-state index contributed by atoms with van der Waals surface area (Å²) >= 11 is 0. The molecule has 1 aliphatic heterocycles. The SMILES string of the molecule is CC(C)(C)[Si](C)(C)OCC1OC(n2cnc3c(C#Cc4ccccc4[N+](=O)[O-])ncnc32)CC1O[Si](C)(C)C(C)(C)C. The first kappa shape index (κ1) is 32.0. The first-order valence-electron chi connectivity index (χ1n) is 14.3. The summed E-state index contributed by atoms with van der Waals surface area (Å²) in [6, 6.07) is 6.37. The highest BCUT2D eigenvalue weighted by molar-refractivity contribution is 6.74. The molecule has 1 aliphatic rings. The van der Waals surface area contributed by atoms with E-state index >= 15 is 0 Å². The molecule has 0 bridgehead atoms. The molecule has 3 heterocycles. The first-order valence-corrected chi connectivity index (χ1v) is 20.1. The smallest absolute Gasteiger partial charge is 0.284 e. The average molecular weight is 610 g/mol. The van der Waals surface area contributed by atoms with E-state index in [-0.39, 0.29) is 34.2 Å². The largest absolute Gasteiger partial charge is 0.414 e. The second kappa shape index (κ2) is 11.6. The molecule has 1 saturated heterocycles. The molecule has 1 fully saturated rings. The third-order valence-corrected chi connectivity index (χ3v) is 17.9. The molecule has 12 heteroatoms. The lowest BCUT2D eigenvalue weighted by Crippen LogP contribution is -2.48. The van der Waals surface area contributed by atoms with Gasteiger partial charge in [0.2, 0.25) is 0 Å². The molecule has 0 N–H and O–H groups in total. The molecular formula is C30H43N5O5Si2. The minimum absolute atomic E-state index is 0.0479. The van der Waals surface area contributed by atoms with E-state index in [1.165, 1.54) is 12.4 Å². The summed E-state index contributed by atoms with van der Waals surface area (Å²) in [7, 11) is -4.10. The molecule has 0 amide bonds. The maximum atomic E-state index is 11.4. The van der Waals surface area contributed by atoms with Gasteiger partial charge in [-0.3, -0.25) is 14.7 Å². The van der Waals surface area contributed by atoms with Crippen LogP contribution in [0.15, 0.2) is 36.9 Å². The van der Waals surface area contributed by atoms with Gasteiger partial charge in [-0.25, -0.2) is 15.0 Å². The number of nitro groups is 1. The summed E-state index contributed by atoms with van der Waals surface area (Å²) in [5.41, 5.74) is 1.73. The zero-order valence-corrected chi connectivity index (χ0v) is 28.4. The van der Waals surface area contributed by atoms with Crippen molar-refractivity contribution in [3.8, 4) is 11.8 Å². The molecule has 3 atom stereocenters. The van der Waals surface area contributed by atoms with Crippen LogP contribution in [0.5, 0.6) is 0 Å². The summed E-state index contributed by atoms with van der Waals surface area (Å²) in [5.74, 6) is 5.85. The van der Waals surface area contributed by atoms with E-state index in [0.29, 0.717) is 35.4 Å². The number of benzene rings is 1. The Labute approximate surface area is 250 Å². The minimum atomic E-state index is -2.10. The van der Waals surface area contributed by atoms with Crippen LogP contribution in [-0.2, 0) is 13.6 Å². The van der Waals surface area contributed by atoms with Crippen molar-refractivity contribution in [3.05, 3.63) is 58.3 Å². The Morgan fingerprint density at radius 1 is 1.02 bits per heavy atom. The van der Waals surface area contributed by atoms with E-state index in [0.717, 1.165) is 0 Å². The topological polar surface area (TPSA) is 114 Å². The van der Waals surface area contributed by atoms with Crippen molar-refractivity contribution in [2.45, 2.75) is 103 Å². The van der Waals surface area contributed by atoms with Crippen molar-refractivity contribution < 1.29 is 18.5 Å². The maximum absolute atomic E-state index is 11.4. The quantitative estimate of drug-likeness (QED) is 0.124. The molecule has 0 saturated carbocycles. The van der Waals surface area contributed by atoms with E-state index in [1.807, 2.05) is 4.57 Å². The number of para-hydroxylation sites is 1. The van der Waals surface area contributed by atoms with Gasteiger partial charge in [-0.05, 0) is 48.3 Å². The summed E-state index contributed by atoms with van der Waals surface area (Å²) in [6.45, 7) is 22.9. The van der Waals surface area contributed by atoms with Gasteiger partial charge in [0.1, 0.15) is 35.4 Å². The maximum Gasteiger partial charge on any atom is 0.284 e. The third kappa shape index (κ3) is 6.65. The number of hydrogen-bond donors (Lipinski definition) is 0. The zero-order valence-electron chi connectivity index (χ0n) is 26.4. The highest BCUT2D eigenvalue weighted by atomic mass is 28.4. The Morgan fingerprint density at radius 3 is 2.33 bits per heavy atom. The van der Waals surface area contributed by atoms with E-state index in [2.05, 4.69) is 94.5 Å². The highest BCUT2D eigenvalue weighted by Crippen LogP contribution is 2.43. The molecule has 0 aliphatic carbocycles. The molecule has 42 heavy (non-hydrogen) atoms. The second-order valence-electron chi connectivity index (χ2n) is 13.9. The van der Waals surface area contributed by atoms with Crippen molar-refractivity contribution in [2.24, 2.45) is 0 Å². The molecule has 4 rings (SSSR count). The van der Waals surface area contributed by atoms with Crippen LogP contribution in [0.4, 0.5) is 5.69 Å². The number of ether oxygens (including phenoxy) is 1. The van der Waals surface area contributed by atoms with Gasteiger partial charge in [0.25, 0.3) is 5.69 Å². The monoisotopic (exact) mass is 609 g/mol. The van der Waals surface area contributed by atoms with E-state index in [1.54, 1.807) is 24.5 Å². The number of imidazole rings is 1. The fourth-order valence-corrected chi connectivity index (χ4v) is 6.60. The van der Waals surface area contributed by atoms with E-state index in [9.17, 15) is 10.1 Å². The zero-order chi connectivity index (χ0) is 31.1. The summed E-state index contributed by atoms with van der Waals surface area (Å²) in [5, 5.41) is 11.5. The van der Waals surface area contributed by atoms with Crippen molar-refractivity contribution in [3.63, 3.8) is 0 Å². The fraction of sp³-hybridized carbons (Fsp3) is 0.567. The van der Waals surface area contributed by atoms with Crippen LogP contribution in [0.3, 0.4) is 0 Å². The molecular weight excluding hydrogens is 567 g/mol. The number of nitrogens with zero attached hydrogens (tertiary/aromatic N) is 5. The lowest BCUT2D eigenvalue weighted by atomic mass is 10.2. The summed E-state index contributed by atoms with van der Waals surface area (Å²) < 4.78 is 22.1. The molecule has 3 unspecified atom stereocenters. The molecule has 0 spiro atoms. The Hall–Kier alpha value is -2.96. The van der Waals surface area contributed by atoms with Gasteiger partial charge in [0.15, 0.2) is 22.3 Å². The van der Waals surface area contributed by atoms with Gasteiger partial charge >= 0.3 is 0 Å².